The van der Waals surface area contributed by atoms with Crippen LogP contribution in [0.2, 0.25) is 0 Å². The van der Waals surface area contributed by atoms with Crippen LogP contribution in [0.15, 0.2) is 24.4 Å². The molecule has 0 atom stereocenters. The summed E-state index contributed by atoms with van der Waals surface area (Å²) < 4.78 is 1.79. The van der Waals surface area contributed by atoms with Crippen LogP contribution in [0.5, 0.6) is 0 Å². The van der Waals surface area contributed by atoms with Crippen LogP contribution in [0.3, 0.4) is 0 Å². The van der Waals surface area contributed by atoms with Gasteiger partial charge in [-0.1, -0.05) is 25.1 Å². The predicted octanol–water partition coefficient (Wildman–Crippen LogP) is 3.03. The second-order valence-corrected chi connectivity index (χ2v) is 4.93. The first-order valence-electron chi connectivity index (χ1n) is 7.48. The fourth-order valence-electron chi connectivity index (χ4n) is 2.68. The fraction of sp³-hybridized carbons (Fsp3) is 0.375. The Kier molecular flexibility index (Phi) is 3.64. The predicted molar refractivity (Wildman–Crippen MR) is 82.6 cm³/mol. The first-order valence-corrected chi connectivity index (χ1v) is 7.48. The third kappa shape index (κ3) is 2.39. The van der Waals surface area contributed by atoms with Crippen molar-refractivity contribution < 1.29 is 0 Å². The summed E-state index contributed by atoms with van der Waals surface area (Å²) in [5.74, 6) is 0.734. The third-order valence-corrected chi connectivity index (χ3v) is 3.64. The maximum atomic E-state index is 4.43. The zero-order valence-corrected chi connectivity index (χ0v) is 12.7. The van der Waals surface area contributed by atoms with E-state index in [0.717, 1.165) is 29.1 Å². The Labute approximate surface area is 124 Å². The number of nitrogens with zero attached hydrogens (tertiary/aromatic N) is 5. The van der Waals surface area contributed by atoms with Gasteiger partial charge in [0.25, 0.3) is 0 Å². The van der Waals surface area contributed by atoms with Crippen molar-refractivity contribution in [1.29, 1.82) is 0 Å². The average Bonchev–Trinajstić information content (AvgIpc) is 3.14. The zero-order chi connectivity index (χ0) is 14.8. The summed E-state index contributed by atoms with van der Waals surface area (Å²) in [4.78, 5) is 8.58. The SMILES string of the molecule is CC.Cc1ncc2nnn(-c3ccc4c(c3)CCC4)c2n1. The highest BCUT2D eigenvalue weighted by Gasteiger charge is 2.14. The summed E-state index contributed by atoms with van der Waals surface area (Å²) in [7, 11) is 0. The van der Waals surface area contributed by atoms with Crippen LogP contribution in [0, 0.1) is 6.92 Å². The van der Waals surface area contributed by atoms with Gasteiger partial charge in [0.2, 0.25) is 0 Å². The van der Waals surface area contributed by atoms with Crippen LogP contribution in [0.4, 0.5) is 0 Å². The van der Waals surface area contributed by atoms with Crippen molar-refractivity contribution in [3.8, 4) is 5.69 Å². The smallest absolute Gasteiger partial charge is 0.187 e. The van der Waals surface area contributed by atoms with Gasteiger partial charge in [0, 0.05) is 0 Å². The molecule has 0 fully saturated rings. The normalized spacial score (nSPS) is 12.9. The van der Waals surface area contributed by atoms with Crippen molar-refractivity contribution in [1.82, 2.24) is 25.0 Å². The van der Waals surface area contributed by atoms with Crippen LogP contribution in [0.25, 0.3) is 16.9 Å². The van der Waals surface area contributed by atoms with Gasteiger partial charge in [-0.25, -0.2) is 9.97 Å². The Hall–Kier alpha value is -2.30. The van der Waals surface area contributed by atoms with E-state index in [1.54, 1.807) is 10.9 Å². The minimum atomic E-state index is 0.728. The van der Waals surface area contributed by atoms with Crippen molar-refractivity contribution in [2.45, 2.75) is 40.0 Å². The highest BCUT2D eigenvalue weighted by atomic mass is 15.4. The van der Waals surface area contributed by atoms with Crippen molar-refractivity contribution >= 4 is 11.2 Å². The van der Waals surface area contributed by atoms with E-state index in [1.807, 2.05) is 20.8 Å². The lowest BCUT2D eigenvalue weighted by Gasteiger charge is -2.05. The number of fused-ring (bicyclic) bond motifs is 2. The van der Waals surface area contributed by atoms with Gasteiger partial charge in [0.1, 0.15) is 5.82 Å². The first kappa shape index (κ1) is 13.7. The molecule has 1 aliphatic rings. The van der Waals surface area contributed by atoms with Crippen molar-refractivity contribution in [3.05, 3.63) is 41.3 Å². The quantitative estimate of drug-likeness (QED) is 0.688. The molecule has 5 nitrogen and oxygen atoms in total. The molecule has 0 aliphatic heterocycles. The Morgan fingerprint density at radius 3 is 2.76 bits per heavy atom. The molecule has 2 heterocycles. The lowest BCUT2D eigenvalue weighted by molar-refractivity contribution is 0.814. The maximum Gasteiger partial charge on any atom is 0.187 e. The number of aromatic nitrogens is 5. The van der Waals surface area contributed by atoms with E-state index in [9.17, 15) is 0 Å². The van der Waals surface area contributed by atoms with E-state index in [-0.39, 0.29) is 0 Å². The largest absolute Gasteiger partial charge is 0.239 e. The Balaban J connectivity index is 0.000000636. The van der Waals surface area contributed by atoms with Crippen molar-refractivity contribution in [2.24, 2.45) is 0 Å². The second-order valence-electron chi connectivity index (χ2n) is 4.93. The molecule has 4 rings (SSSR count). The molecule has 0 radical (unpaired) electrons. The van der Waals surface area contributed by atoms with Crippen LogP contribution >= 0.6 is 0 Å². The third-order valence-electron chi connectivity index (χ3n) is 3.64. The summed E-state index contributed by atoms with van der Waals surface area (Å²) in [6, 6.07) is 6.49. The van der Waals surface area contributed by atoms with E-state index in [1.165, 1.54) is 24.0 Å². The van der Waals surface area contributed by atoms with E-state index in [0.29, 0.717) is 0 Å². The first-order chi connectivity index (χ1) is 10.3. The number of rotatable bonds is 1. The summed E-state index contributed by atoms with van der Waals surface area (Å²) >= 11 is 0. The zero-order valence-electron chi connectivity index (χ0n) is 12.7. The average molecular weight is 281 g/mol. The minimum absolute atomic E-state index is 0.728. The monoisotopic (exact) mass is 281 g/mol. The molecule has 108 valence electrons. The van der Waals surface area contributed by atoms with Gasteiger partial charge in [0.15, 0.2) is 11.2 Å². The topological polar surface area (TPSA) is 56.5 Å². The molecule has 1 aromatic carbocycles. The Bertz CT molecular complexity index is 775. The number of benzene rings is 1. The van der Waals surface area contributed by atoms with Gasteiger partial charge in [-0.2, -0.15) is 4.68 Å². The van der Waals surface area contributed by atoms with Gasteiger partial charge >= 0.3 is 0 Å². The van der Waals surface area contributed by atoms with Crippen LogP contribution in [0.1, 0.15) is 37.2 Å². The summed E-state index contributed by atoms with van der Waals surface area (Å²) in [6.45, 7) is 5.87. The molecule has 0 spiro atoms. The van der Waals surface area contributed by atoms with Crippen molar-refractivity contribution in [2.75, 3.05) is 0 Å². The standard InChI is InChI=1S/C14H13N5.C2H6/c1-9-15-8-13-14(16-9)19(18-17-13)12-6-5-10-3-2-4-11(10)7-12;1-2/h5-8H,2-4H2,1H3;1-2H3. The molecule has 0 amide bonds. The van der Waals surface area contributed by atoms with Gasteiger partial charge in [0.05, 0.1) is 11.9 Å². The molecular formula is C16H19N5. The lowest BCUT2D eigenvalue weighted by Crippen LogP contribution is -2.00. The highest BCUT2D eigenvalue weighted by molar-refractivity contribution is 5.70. The number of hydrogen-bond acceptors (Lipinski definition) is 4. The molecule has 0 N–H and O–H groups in total. The Morgan fingerprint density at radius 1 is 1.10 bits per heavy atom. The van der Waals surface area contributed by atoms with Gasteiger partial charge in [-0.3, -0.25) is 0 Å². The maximum absolute atomic E-state index is 4.43. The molecule has 2 aromatic heterocycles. The fourth-order valence-corrected chi connectivity index (χ4v) is 2.68. The number of aryl methyl sites for hydroxylation is 3. The van der Waals surface area contributed by atoms with E-state index in [2.05, 4.69) is 38.5 Å². The van der Waals surface area contributed by atoms with E-state index >= 15 is 0 Å². The molecule has 1 aliphatic carbocycles. The lowest BCUT2D eigenvalue weighted by atomic mass is 10.1. The minimum Gasteiger partial charge on any atom is -0.239 e. The highest BCUT2D eigenvalue weighted by Crippen LogP contribution is 2.25. The van der Waals surface area contributed by atoms with E-state index in [4.69, 9.17) is 0 Å². The van der Waals surface area contributed by atoms with Crippen LogP contribution < -0.4 is 0 Å². The molecule has 0 saturated carbocycles. The Morgan fingerprint density at radius 2 is 1.90 bits per heavy atom. The summed E-state index contributed by atoms with van der Waals surface area (Å²) in [5, 5.41) is 8.31. The molecular weight excluding hydrogens is 262 g/mol. The van der Waals surface area contributed by atoms with Gasteiger partial charge in [-0.15, -0.1) is 5.10 Å². The van der Waals surface area contributed by atoms with Gasteiger partial charge in [-0.05, 0) is 49.4 Å². The summed E-state index contributed by atoms with van der Waals surface area (Å²) in [6.07, 6.45) is 5.31. The van der Waals surface area contributed by atoms with Crippen molar-refractivity contribution in [3.63, 3.8) is 0 Å². The molecule has 0 unspecified atom stereocenters. The summed E-state index contributed by atoms with van der Waals surface area (Å²) in [5.41, 5.74) is 5.41. The molecule has 0 saturated heterocycles. The molecule has 0 bridgehead atoms. The van der Waals surface area contributed by atoms with E-state index < -0.39 is 0 Å². The molecule has 21 heavy (non-hydrogen) atoms. The number of hydrogen-bond donors (Lipinski definition) is 0. The second kappa shape index (κ2) is 5.60. The molecule has 5 heteroatoms. The van der Waals surface area contributed by atoms with Gasteiger partial charge < -0.3 is 0 Å². The van der Waals surface area contributed by atoms with Crippen LogP contribution in [-0.4, -0.2) is 25.0 Å². The van der Waals surface area contributed by atoms with Crippen LogP contribution in [-0.2, 0) is 12.8 Å². The molecule has 3 aromatic rings.